The first-order valence-electron chi connectivity index (χ1n) is 11.6. The van der Waals surface area contributed by atoms with Crippen molar-refractivity contribution in [2.75, 3.05) is 0 Å². The van der Waals surface area contributed by atoms with E-state index in [1.807, 2.05) is 84.9 Å². The van der Waals surface area contributed by atoms with Crippen LogP contribution in [0.5, 0.6) is 11.5 Å². The molecule has 4 rings (SSSR count). The van der Waals surface area contributed by atoms with Gasteiger partial charge in [0.25, 0.3) is 0 Å². The van der Waals surface area contributed by atoms with Crippen molar-refractivity contribution in [3.05, 3.63) is 131 Å². The Morgan fingerprint density at radius 1 is 0.543 bits per heavy atom. The lowest BCUT2D eigenvalue weighted by atomic mass is 9.78. The van der Waals surface area contributed by atoms with Gasteiger partial charge in [-0.05, 0) is 23.3 Å². The molecule has 0 aromatic heterocycles. The van der Waals surface area contributed by atoms with Crippen LogP contribution in [-0.4, -0.2) is 4.89 Å². The SMILES string of the molecule is CC(C)(c1ccccc1)c1ccccc1OP(=O)(O)Oc1ccccc1C(C)(C)c1ccccc1. The molecule has 0 heterocycles. The Labute approximate surface area is 207 Å². The van der Waals surface area contributed by atoms with Gasteiger partial charge in [0.15, 0.2) is 0 Å². The third kappa shape index (κ3) is 5.35. The average Bonchev–Trinajstić information content (AvgIpc) is 2.85. The first kappa shape index (κ1) is 24.8. The van der Waals surface area contributed by atoms with Crippen LogP contribution in [0.25, 0.3) is 0 Å². The van der Waals surface area contributed by atoms with Crippen LogP contribution in [0.4, 0.5) is 0 Å². The summed E-state index contributed by atoms with van der Waals surface area (Å²) >= 11 is 0. The van der Waals surface area contributed by atoms with Gasteiger partial charge in [-0.2, -0.15) is 0 Å². The average molecular weight is 487 g/mol. The molecule has 0 aliphatic heterocycles. The van der Waals surface area contributed by atoms with E-state index in [-0.39, 0.29) is 0 Å². The molecule has 180 valence electrons. The number of hydrogen-bond acceptors (Lipinski definition) is 3. The van der Waals surface area contributed by atoms with E-state index in [0.717, 1.165) is 22.3 Å². The molecule has 0 fully saturated rings. The molecule has 0 radical (unpaired) electrons. The zero-order chi connectivity index (χ0) is 25.1. The highest BCUT2D eigenvalue weighted by atomic mass is 31.2. The van der Waals surface area contributed by atoms with Gasteiger partial charge < -0.3 is 9.05 Å². The van der Waals surface area contributed by atoms with Crippen molar-refractivity contribution in [3.8, 4) is 11.5 Å². The Hall–Kier alpha value is -3.33. The quantitative estimate of drug-likeness (QED) is 0.257. The van der Waals surface area contributed by atoms with Crippen molar-refractivity contribution in [1.29, 1.82) is 0 Å². The van der Waals surface area contributed by atoms with Crippen LogP contribution in [0.2, 0.25) is 0 Å². The Morgan fingerprint density at radius 2 is 0.857 bits per heavy atom. The summed E-state index contributed by atoms with van der Waals surface area (Å²) in [6.07, 6.45) is 0. The lowest BCUT2D eigenvalue weighted by Gasteiger charge is -2.30. The summed E-state index contributed by atoms with van der Waals surface area (Å²) in [6.45, 7) is 8.24. The van der Waals surface area contributed by atoms with Crippen LogP contribution >= 0.6 is 7.82 Å². The fourth-order valence-corrected chi connectivity index (χ4v) is 5.27. The van der Waals surface area contributed by atoms with E-state index >= 15 is 0 Å². The van der Waals surface area contributed by atoms with Crippen molar-refractivity contribution < 1.29 is 18.5 Å². The first-order chi connectivity index (χ1) is 16.6. The standard InChI is InChI=1S/C30H31O4P/c1-29(2,23-15-7-5-8-16-23)25-19-11-13-21-27(25)33-35(31,32)34-28-22-14-12-20-26(28)30(3,4)24-17-9-6-10-18-24/h5-22H,1-4H3,(H,31,32). The van der Waals surface area contributed by atoms with Crippen molar-refractivity contribution in [1.82, 2.24) is 0 Å². The minimum absolute atomic E-state index is 0.312. The number of phosphoric acid groups is 1. The summed E-state index contributed by atoms with van der Waals surface area (Å²) in [5, 5.41) is 0. The molecule has 0 saturated carbocycles. The number of para-hydroxylation sites is 2. The van der Waals surface area contributed by atoms with Gasteiger partial charge in [0.2, 0.25) is 0 Å². The molecule has 1 N–H and O–H groups in total. The van der Waals surface area contributed by atoms with Crippen LogP contribution < -0.4 is 9.05 Å². The molecule has 4 aromatic carbocycles. The second-order valence-electron chi connectivity index (χ2n) is 9.63. The second-order valence-corrected chi connectivity index (χ2v) is 10.9. The van der Waals surface area contributed by atoms with Crippen LogP contribution in [0.1, 0.15) is 49.9 Å². The van der Waals surface area contributed by atoms with E-state index in [1.54, 1.807) is 24.3 Å². The molecule has 0 bridgehead atoms. The van der Waals surface area contributed by atoms with Crippen molar-refractivity contribution in [2.45, 2.75) is 38.5 Å². The summed E-state index contributed by atoms with van der Waals surface area (Å²) in [5.41, 5.74) is 2.82. The van der Waals surface area contributed by atoms with Gasteiger partial charge in [-0.1, -0.05) is 125 Å². The highest BCUT2D eigenvalue weighted by Gasteiger charge is 2.34. The smallest absolute Gasteiger partial charge is 0.395 e. The maximum atomic E-state index is 13.3. The summed E-state index contributed by atoms with van der Waals surface area (Å²) in [5.74, 6) is 0.624. The Morgan fingerprint density at radius 3 is 1.23 bits per heavy atom. The molecule has 0 spiro atoms. The predicted molar refractivity (Wildman–Crippen MR) is 141 cm³/mol. The second kappa shape index (κ2) is 9.73. The van der Waals surface area contributed by atoms with Gasteiger partial charge >= 0.3 is 7.82 Å². The topological polar surface area (TPSA) is 55.8 Å². The number of phosphoric ester groups is 1. The third-order valence-corrected chi connectivity index (χ3v) is 7.39. The van der Waals surface area contributed by atoms with Crippen LogP contribution in [0.15, 0.2) is 109 Å². The van der Waals surface area contributed by atoms with Crippen molar-refractivity contribution >= 4 is 7.82 Å². The van der Waals surface area contributed by atoms with Crippen molar-refractivity contribution in [2.24, 2.45) is 0 Å². The van der Waals surface area contributed by atoms with Gasteiger partial charge in [-0.25, -0.2) is 4.57 Å². The molecule has 4 aromatic rings. The highest BCUT2D eigenvalue weighted by molar-refractivity contribution is 7.48. The molecule has 0 amide bonds. The van der Waals surface area contributed by atoms with E-state index in [0.29, 0.717) is 11.5 Å². The molecule has 5 heteroatoms. The zero-order valence-corrected chi connectivity index (χ0v) is 21.4. The van der Waals surface area contributed by atoms with Gasteiger partial charge in [-0.15, -0.1) is 0 Å². The molecule has 0 atom stereocenters. The summed E-state index contributed by atoms with van der Waals surface area (Å²) in [7, 11) is -4.51. The van der Waals surface area contributed by atoms with Crippen LogP contribution in [0, 0.1) is 0 Å². The predicted octanol–water partition coefficient (Wildman–Crippen LogP) is 7.90. The molecule has 0 saturated heterocycles. The van der Waals surface area contributed by atoms with Crippen LogP contribution in [0.3, 0.4) is 0 Å². The third-order valence-electron chi connectivity index (χ3n) is 6.54. The Balaban J connectivity index is 1.66. The monoisotopic (exact) mass is 486 g/mol. The van der Waals surface area contributed by atoms with Gasteiger partial charge in [0, 0.05) is 22.0 Å². The molecule has 35 heavy (non-hydrogen) atoms. The lowest BCUT2D eigenvalue weighted by Crippen LogP contribution is -2.21. The highest BCUT2D eigenvalue weighted by Crippen LogP contribution is 2.50. The summed E-state index contributed by atoms with van der Waals surface area (Å²) < 4.78 is 24.7. The van der Waals surface area contributed by atoms with Gasteiger partial charge in [-0.3, -0.25) is 4.89 Å². The van der Waals surface area contributed by atoms with Crippen molar-refractivity contribution in [3.63, 3.8) is 0 Å². The number of benzene rings is 4. The fraction of sp³-hybridized carbons (Fsp3) is 0.200. The molecular formula is C30H31O4P. The Bertz CT molecular complexity index is 1230. The maximum absolute atomic E-state index is 13.3. The summed E-state index contributed by atoms with van der Waals surface area (Å²) in [4.78, 5) is 10.9. The molecule has 0 unspecified atom stereocenters. The largest absolute Gasteiger partial charge is 0.584 e. The molecular weight excluding hydrogens is 455 g/mol. The van der Waals surface area contributed by atoms with E-state index in [4.69, 9.17) is 9.05 Å². The minimum atomic E-state index is -4.51. The molecule has 0 aliphatic rings. The molecule has 0 aliphatic carbocycles. The maximum Gasteiger partial charge on any atom is 0.584 e. The zero-order valence-electron chi connectivity index (χ0n) is 20.5. The van der Waals surface area contributed by atoms with E-state index in [2.05, 4.69) is 27.7 Å². The van der Waals surface area contributed by atoms with E-state index < -0.39 is 18.7 Å². The number of hydrogen-bond donors (Lipinski definition) is 1. The van der Waals surface area contributed by atoms with Gasteiger partial charge in [0.05, 0.1) is 0 Å². The lowest BCUT2D eigenvalue weighted by molar-refractivity contribution is 0.286. The van der Waals surface area contributed by atoms with Crippen LogP contribution in [-0.2, 0) is 15.4 Å². The van der Waals surface area contributed by atoms with E-state index in [9.17, 15) is 9.46 Å². The Kier molecular flexibility index (Phi) is 6.89. The molecule has 4 nitrogen and oxygen atoms in total. The minimum Gasteiger partial charge on any atom is -0.395 e. The van der Waals surface area contributed by atoms with Gasteiger partial charge in [0.1, 0.15) is 11.5 Å². The fourth-order valence-electron chi connectivity index (χ4n) is 4.41. The number of rotatable bonds is 8. The van der Waals surface area contributed by atoms with E-state index in [1.165, 1.54) is 0 Å². The normalized spacial score (nSPS) is 12.3. The first-order valence-corrected chi connectivity index (χ1v) is 13.1. The summed E-state index contributed by atoms with van der Waals surface area (Å²) in [6, 6.07) is 34.6.